The molecular formula is C27H19N5O4S. The number of hydrogen-bond acceptors (Lipinski definition) is 7. The fourth-order valence-corrected chi connectivity index (χ4v) is 5.39. The highest BCUT2D eigenvalue weighted by molar-refractivity contribution is 7.92. The average molecular weight is 510 g/mol. The van der Waals surface area contributed by atoms with Crippen molar-refractivity contribution in [1.82, 2.24) is 20.3 Å². The van der Waals surface area contributed by atoms with Crippen molar-refractivity contribution in [3.05, 3.63) is 96.6 Å². The number of benzene rings is 2. The topological polar surface area (TPSA) is 134 Å². The minimum Gasteiger partial charge on any atom is -0.492 e. The molecule has 0 saturated heterocycles. The molecule has 2 aromatic carbocycles. The second kappa shape index (κ2) is 8.68. The zero-order valence-electron chi connectivity index (χ0n) is 19.2. The number of nitrogens with zero attached hydrogens (tertiary/aromatic N) is 3. The van der Waals surface area contributed by atoms with E-state index in [-0.39, 0.29) is 22.7 Å². The Morgan fingerprint density at radius 2 is 1.73 bits per heavy atom. The van der Waals surface area contributed by atoms with E-state index in [0.717, 1.165) is 33.2 Å². The predicted octanol–water partition coefficient (Wildman–Crippen LogP) is 4.11. The van der Waals surface area contributed by atoms with E-state index in [2.05, 4.69) is 25.0 Å². The summed E-state index contributed by atoms with van der Waals surface area (Å²) in [6.45, 7) is 0.202. The Morgan fingerprint density at radius 1 is 0.838 bits per heavy atom. The summed E-state index contributed by atoms with van der Waals surface area (Å²) in [6.07, 6.45) is 6.62. The second-order valence-electron chi connectivity index (χ2n) is 8.58. The van der Waals surface area contributed by atoms with Crippen molar-refractivity contribution >= 4 is 32.5 Å². The number of nitrogens with one attached hydrogen (secondary N) is 2. The fourth-order valence-electron chi connectivity index (χ4n) is 4.29. The Morgan fingerprint density at radius 3 is 2.62 bits per heavy atom. The lowest BCUT2D eigenvalue weighted by molar-refractivity contribution is 0.0950. The Balaban J connectivity index is 1.58. The zero-order chi connectivity index (χ0) is 25.6. The van der Waals surface area contributed by atoms with E-state index in [4.69, 9.17) is 0 Å². The highest BCUT2D eigenvalue weighted by Gasteiger charge is 2.20. The molecule has 3 aromatic heterocycles. The van der Waals surface area contributed by atoms with Gasteiger partial charge in [-0.3, -0.25) is 19.5 Å². The first-order valence-electron chi connectivity index (χ1n) is 11.3. The third-order valence-electron chi connectivity index (χ3n) is 6.15. The number of anilines is 1. The number of aromatic hydroxyl groups is 1. The summed E-state index contributed by atoms with van der Waals surface area (Å²) in [5.41, 5.74) is 4.74. The standard InChI is InChI=1S/C27H19N5O4S/c33-26-18-2-1-3-21(9-18)37(35,36)32-25-11-19(15-31-27(25)34)17-4-5-24-23(10-17)22(6-7-29-24)20-8-16(13-30-26)12-28-14-20/h1-12,14-15,32H,13H2,(H,30,33)(H,31,34). The zero-order valence-corrected chi connectivity index (χ0v) is 20.0. The lowest BCUT2D eigenvalue weighted by atomic mass is 9.98. The van der Waals surface area contributed by atoms with Crippen molar-refractivity contribution in [2.24, 2.45) is 0 Å². The van der Waals surface area contributed by atoms with Crippen molar-refractivity contribution in [2.45, 2.75) is 11.4 Å². The third-order valence-corrected chi connectivity index (χ3v) is 7.51. The van der Waals surface area contributed by atoms with Gasteiger partial charge in [0, 0.05) is 53.4 Å². The van der Waals surface area contributed by atoms with Gasteiger partial charge >= 0.3 is 0 Å². The van der Waals surface area contributed by atoms with Crippen molar-refractivity contribution in [2.75, 3.05) is 4.72 Å². The molecule has 1 aliphatic heterocycles. The van der Waals surface area contributed by atoms with Crippen molar-refractivity contribution in [1.29, 1.82) is 0 Å². The van der Waals surface area contributed by atoms with Crippen LogP contribution >= 0.6 is 0 Å². The number of aromatic nitrogens is 3. The van der Waals surface area contributed by atoms with Gasteiger partial charge in [-0.15, -0.1) is 0 Å². The van der Waals surface area contributed by atoms with E-state index in [1.807, 2.05) is 30.3 Å². The van der Waals surface area contributed by atoms with Gasteiger partial charge in [0.15, 0.2) is 0 Å². The molecule has 0 saturated carbocycles. The summed E-state index contributed by atoms with van der Waals surface area (Å²) in [7, 11) is -4.14. The van der Waals surface area contributed by atoms with Crippen LogP contribution in [0.1, 0.15) is 15.9 Å². The molecule has 3 N–H and O–H groups in total. The van der Waals surface area contributed by atoms with Crippen LogP contribution in [0.3, 0.4) is 0 Å². The van der Waals surface area contributed by atoms with Crippen LogP contribution in [0, 0.1) is 0 Å². The molecule has 182 valence electrons. The largest absolute Gasteiger partial charge is 0.492 e. The van der Waals surface area contributed by atoms with Crippen LogP contribution in [0.25, 0.3) is 33.2 Å². The Kier molecular flexibility index (Phi) is 5.31. The Labute approximate surface area is 211 Å². The van der Waals surface area contributed by atoms with Gasteiger partial charge in [0.2, 0.25) is 5.88 Å². The summed E-state index contributed by atoms with van der Waals surface area (Å²) >= 11 is 0. The van der Waals surface area contributed by atoms with Gasteiger partial charge < -0.3 is 10.4 Å². The molecular weight excluding hydrogens is 490 g/mol. The van der Waals surface area contributed by atoms with Crippen molar-refractivity contribution < 1.29 is 18.3 Å². The van der Waals surface area contributed by atoms with Crippen LogP contribution in [-0.4, -0.2) is 34.4 Å². The van der Waals surface area contributed by atoms with Crippen LogP contribution in [0.5, 0.6) is 5.88 Å². The van der Waals surface area contributed by atoms with Gasteiger partial charge in [-0.05, 0) is 65.2 Å². The van der Waals surface area contributed by atoms with E-state index in [9.17, 15) is 18.3 Å². The number of rotatable bonds is 0. The number of pyridine rings is 3. The Hall–Kier alpha value is -4.83. The van der Waals surface area contributed by atoms with E-state index in [1.54, 1.807) is 18.6 Å². The van der Waals surface area contributed by atoms with Crippen LogP contribution in [0.4, 0.5) is 5.69 Å². The molecule has 0 atom stereocenters. The predicted molar refractivity (Wildman–Crippen MR) is 138 cm³/mol. The van der Waals surface area contributed by atoms with Crippen LogP contribution in [0.2, 0.25) is 0 Å². The SMILES string of the molecule is O=C1NCc2cncc(c2)-c2ccnc3ccc(cc23)-c2cnc(O)c(c2)NS(=O)(=O)c2cccc1c2. The summed E-state index contributed by atoms with van der Waals surface area (Å²) in [4.78, 5) is 25.5. The molecule has 10 heteroatoms. The molecule has 0 unspecified atom stereocenters. The second-order valence-corrected chi connectivity index (χ2v) is 10.3. The number of sulfonamides is 1. The molecule has 0 spiro atoms. The first kappa shape index (κ1) is 22.6. The summed E-state index contributed by atoms with van der Waals surface area (Å²) in [5, 5.41) is 14.0. The minimum absolute atomic E-state index is 0.0862. The number of carbonyl (C=O) groups is 1. The van der Waals surface area contributed by atoms with Gasteiger partial charge in [-0.25, -0.2) is 13.4 Å². The van der Waals surface area contributed by atoms with Crippen LogP contribution in [0.15, 0.2) is 90.3 Å². The fraction of sp³-hybridized carbons (Fsp3) is 0.0370. The van der Waals surface area contributed by atoms with Gasteiger partial charge in [0.1, 0.15) is 5.69 Å². The van der Waals surface area contributed by atoms with E-state index in [0.29, 0.717) is 5.56 Å². The minimum atomic E-state index is -4.14. The smallest absolute Gasteiger partial charge is 0.262 e. The van der Waals surface area contributed by atoms with E-state index in [1.165, 1.54) is 36.5 Å². The van der Waals surface area contributed by atoms with E-state index >= 15 is 0 Å². The maximum atomic E-state index is 13.1. The molecule has 6 rings (SSSR count). The van der Waals surface area contributed by atoms with Crippen molar-refractivity contribution in [3.8, 4) is 28.1 Å². The summed E-state index contributed by atoms with van der Waals surface area (Å²) in [5.74, 6) is -0.907. The van der Waals surface area contributed by atoms with Gasteiger partial charge in [0.05, 0.1) is 10.4 Å². The third kappa shape index (κ3) is 4.23. The first-order valence-corrected chi connectivity index (χ1v) is 12.8. The highest BCUT2D eigenvalue weighted by Crippen LogP contribution is 2.34. The lowest BCUT2D eigenvalue weighted by Crippen LogP contribution is -2.23. The molecule has 0 fully saturated rings. The number of amides is 1. The van der Waals surface area contributed by atoms with Gasteiger partial charge in [-0.1, -0.05) is 12.1 Å². The monoisotopic (exact) mass is 509 g/mol. The lowest BCUT2D eigenvalue weighted by Gasteiger charge is -2.14. The molecule has 1 aliphatic rings. The number of carbonyl (C=O) groups excluding carboxylic acids is 1. The molecule has 8 bridgehead atoms. The average Bonchev–Trinajstić information content (AvgIpc) is 2.92. The molecule has 1 amide bonds. The van der Waals surface area contributed by atoms with E-state index < -0.39 is 21.8 Å². The number of hydrogen-bond donors (Lipinski definition) is 3. The molecule has 9 nitrogen and oxygen atoms in total. The first-order chi connectivity index (χ1) is 17.9. The van der Waals surface area contributed by atoms with Gasteiger partial charge in [0.25, 0.3) is 15.9 Å². The van der Waals surface area contributed by atoms with Gasteiger partial charge in [-0.2, -0.15) is 0 Å². The molecule has 0 aliphatic carbocycles. The molecule has 5 aromatic rings. The molecule has 37 heavy (non-hydrogen) atoms. The number of fused-ring (bicyclic) bond motifs is 9. The normalized spacial score (nSPS) is 14.3. The van der Waals surface area contributed by atoms with Crippen LogP contribution < -0.4 is 10.0 Å². The summed E-state index contributed by atoms with van der Waals surface area (Å²) in [6, 6.07) is 16.7. The Bertz CT molecular complexity index is 1820. The van der Waals surface area contributed by atoms with Crippen molar-refractivity contribution in [3.63, 3.8) is 0 Å². The molecule has 0 radical (unpaired) electrons. The quantitative estimate of drug-likeness (QED) is 0.286. The van der Waals surface area contributed by atoms with Crippen LogP contribution in [-0.2, 0) is 16.6 Å². The maximum Gasteiger partial charge on any atom is 0.262 e. The highest BCUT2D eigenvalue weighted by atomic mass is 32.2. The molecule has 4 heterocycles. The maximum absolute atomic E-state index is 13.1. The summed E-state index contributed by atoms with van der Waals surface area (Å²) < 4.78 is 28.7.